The highest BCUT2D eigenvalue weighted by Crippen LogP contribution is 2.30. The Kier molecular flexibility index (Phi) is 5.40. The zero-order valence-electron chi connectivity index (χ0n) is 16.4. The maximum atomic E-state index is 5.93. The number of ether oxygens (including phenoxy) is 3. The number of H-pyrrole nitrogens is 1. The first-order valence-corrected chi connectivity index (χ1v) is 9.42. The van der Waals surface area contributed by atoms with Crippen LogP contribution >= 0.6 is 0 Å². The van der Waals surface area contributed by atoms with Crippen molar-refractivity contribution in [3.8, 4) is 17.1 Å². The molecule has 1 saturated heterocycles. The van der Waals surface area contributed by atoms with Crippen molar-refractivity contribution in [3.05, 3.63) is 30.6 Å². The maximum Gasteiger partial charge on any atom is 0.132 e. The zero-order chi connectivity index (χ0) is 19.5. The van der Waals surface area contributed by atoms with E-state index in [9.17, 15) is 0 Å². The molecule has 4 rings (SSSR count). The van der Waals surface area contributed by atoms with Crippen LogP contribution in [0.5, 0.6) is 5.75 Å². The third-order valence-corrected chi connectivity index (χ3v) is 4.97. The fourth-order valence-corrected chi connectivity index (χ4v) is 3.54. The fraction of sp³-hybridized carbons (Fsp3) is 0.450. The largest absolute Gasteiger partial charge is 0.488 e. The standard InChI is InChI=1S/C20H25N5O3/c1-13(11-26-2)28-14-4-5-17-16(8-14)20(24-23-17)18-9-19(22-12-21-18)25-7-6-15(10-25)27-3/h4-5,8-9,12-13,15H,6-7,10-11H2,1-3H3,(H,23,24)/t13-,15+/m0/s1. The minimum Gasteiger partial charge on any atom is -0.488 e. The topological polar surface area (TPSA) is 85.4 Å². The smallest absolute Gasteiger partial charge is 0.132 e. The van der Waals surface area contributed by atoms with Gasteiger partial charge in [0.2, 0.25) is 0 Å². The molecule has 2 aromatic heterocycles. The summed E-state index contributed by atoms with van der Waals surface area (Å²) in [4.78, 5) is 11.1. The minimum absolute atomic E-state index is 0.0349. The number of fused-ring (bicyclic) bond motifs is 1. The van der Waals surface area contributed by atoms with E-state index >= 15 is 0 Å². The van der Waals surface area contributed by atoms with Crippen molar-refractivity contribution in [2.45, 2.75) is 25.6 Å². The Labute approximate surface area is 163 Å². The van der Waals surface area contributed by atoms with E-state index < -0.39 is 0 Å². The van der Waals surface area contributed by atoms with Crippen LogP contribution in [-0.2, 0) is 9.47 Å². The number of rotatable bonds is 7. The van der Waals surface area contributed by atoms with E-state index in [1.54, 1.807) is 20.5 Å². The third-order valence-electron chi connectivity index (χ3n) is 4.97. The van der Waals surface area contributed by atoms with Gasteiger partial charge < -0.3 is 19.1 Å². The van der Waals surface area contributed by atoms with Gasteiger partial charge in [-0.05, 0) is 31.5 Å². The Balaban J connectivity index is 1.63. The Hall–Kier alpha value is -2.71. The van der Waals surface area contributed by atoms with Crippen LogP contribution < -0.4 is 9.64 Å². The number of hydrogen-bond acceptors (Lipinski definition) is 7. The van der Waals surface area contributed by atoms with Crippen molar-refractivity contribution in [3.63, 3.8) is 0 Å². The van der Waals surface area contributed by atoms with Gasteiger partial charge in [-0.25, -0.2) is 9.97 Å². The van der Waals surface area contributed by atoms with E-state index in [1.165, 1.54) is 0 Å². The second-order valence-electron chi connectivity index (χ2n) is 7.02. The Morgan fingerprint density at radius 3 is 2.93 bits per heavy atom. The summed E-state index contributed by atoms with van der Waals surface area (Å²) >= 11 is 0. The van der Waals surface area contributed by atoms with Crippen molar-refractivity contribution in [1.29, 1.82) is 0 Å². The molecule has 1 aliphatic rings. The fourth-order valence-electron chi connectivity index (χ4n) is 3.54. The summed E-state index contributed by atoms with van der Waals surface area (Å²) < 4.78 is 16.5. The van der Waals surface area contributed by atoms with Crippen LogP contribution in [0.4, 0.5) is 5.82 Å². The van der Waals surface area contributed by atoms with Crippen molar-refractivity contribution in [1.82, 2.24) is 20.2 Å². The first kappa shape index (κ1) is 18.6. The lowest BCUT2D eigenvalue weighted by Gasteiger charge is -2.17. The molecule has 8 nitrogen and oxygen atoms in total. The van der Waals surface area contributed by atoms with E-state index in [-0.39, 0.29) is 12.2 Å². The van der Waals surface area contributed by atoms with Gasteiger partial charge >= 0.3 is 0 Å². The van der Waals surface area contributed by atoms with Gasteiger partial charge in [0, 0.05) is 38.8 Å². The van der Waals surface area contributed by atoms with Crippen molar-refractivity contribution in [2.75, 3.05) is 38.8 Å². The van der Waals surface area contributed by atoms with Crippen LogP contribution in [0.3, 0.4) is 0 Å². The first-order chi connectivity index (χ1) is 13.7. The Bertz CT molecular complexity index is 944. The molecular weight excluding hydrogens is 358 g/mol. The van der Waals surface area contributed by atoms with Crippen molar-refractivity contribution < 1.29 is 14.2 Å². The Morgan fingerprint density at radius 1 is 1.25 bits per heavy atom. The van der Waals surface area contributed by atoms with Gasteiger partial charge in [0.15, 0.2) is 0 Å². The molecule has 148 valence electrons. The van der Waals surface area contributed by atoms with Crippen molar-refractivity contribution in [2.24, 2.45) is 0 Å². The number of methoxy groups -OCH3 is 2. The van der Waals surface area contributed by atoms with Gasteiger partial charge in [0.1, 0.15) is 29.7 Å². The molecule has 0 unspecified atom stereocenters. The quantitative estimate of drug-likeness (QED) is 0.671. The average molecular weight is 383 g/mol. The number of nitrogens with one attached hydrogen (secondary N) is 1. The molecule has 0 aliphatic carbocycles. The molecule has 3 aromatic rings. The molecule has 0 spiro atoms. The molecule has 1 aliphatic heterocycles. The van der Waals surface area contributed by atoms with Crippen LogP contribution in [0.2, 0.25) is 0 Å². The van der Waals surface area contributed by atoms with E-state index in [2.05, 4.69) is 25.1 Å². The highest BCUT2D eigenvalue weighted by molar-refractivity contribution is 5.93. The van der Waals surface area contributed by atoms with Crippen molar-refractivity contribution >= 4 is 16.7 Å². The number of benzene rings is 1. The van der Waals surface area contributed by atoms with Gasteiger partial charge in [-0.15, -0.1) is 0 Å². The SMILES string of the molecule is COC[C@H](C)Oc1ccc2[nH]nc(-c3cc(N4CC[C@@H](OC)C4)ncn3)c2c1. The van der Waals surface area contributed by atoms with E-state index in [0.717, 1.165) is 53.4 Å². The summed E-state index contributed by atoms with van der Waals surface area (Å²) in [7, 11) is 3.42. The lowest BCUT2D eigenvalue weighted by atomic mass is 10.1. The molecule has 1 fully saturated rings. The molecule has 0 saturated carbocycles. The maximum absolute atomic E-state index is 5.93. The number of nitrogens with zero attached hydrogens (tertiary/aromatic N) is 4. The zero-order valence-corrected chi connectivity index (χ0v) is 16.4. The molecule has 0 amide bonds. The molecule has 2 atom stereocenters. The number of anilines is 1. The van der Waals surface area contributed by atoms with Crippen LogP contribution in [0, 0.1) is 0 Å². The second kappa shape index (κ2) is 8.12. The summed E-state index contributed by atoms with van der Waals surface area (Å²) in [6.45, 7) is 4.27. The Morgan fingerprint density at radius 2 is 2.14 bits per heavy atom. The highest BCUT2D eigenvalue weighted by atomic mass is 16.5. The molecule has 0 bridgehead atoms. The molecule has 1 N–H and O–H groups in total. The number of aromatic nitrogens is 4. The molecule has 28 heavy (non-hydrogen) atoms. The number of aromatic amines is 1. The van der Waals surface area contributed by atoms with E-state index in [4.69, 9.17) is 14.2 Å². The molecule has 8 heteroatoms. The second-order valence-corrected chi connectivity index (χ2v) is 7.02. The molecule has 1 aromatic carbocycles. The average Bonchev–Trinajstić information content (AvgIpc) is 3.35. The molecule has 3 heterocycles. The van der Waals surface area contributed by atoms with Gasteiger partial charge in [-0.2, -0.15) is 5.10 Å². The monoisotopic (exact) mass is 383 g/mol. The van der Waals surface area contributed by atoms with Gasteiger partial charge in [-0.3, -0.25) is 5.10 Å². The van der Waals surface area contributed by atoms with E-state index in [0.29, 0.717) is 6.61 Å². The third kappa shape index (κ3) is 3.79. The van der Waals surface area contributed by atoms with Crippen LogP contribution in [-0.4, -0.2) is 66.3 Å². The van der Waals surface area contributed by atoms with Crippen LogP contribution in [0.25, 0.3) is 22.3 Å². The normalized spacial score (nSPS) is 18.0. The molecule has 0 radical (unpaired) electrons. The van der Waals surface area contributed by atoms with Crippen LogP contribution in [0.1, 0.15) is 13.3 Å². The predicted molar refractivity (Wildman–Crippen MR) is 107 cm³/mol. The predicted octanol–water partition coefficient (Wildman–Crippen LogP) is 2.66. The summed E-state index contributed by atoms with van der Waals surface area (Å²) in [5, 5.41) is 8.52. The summed E-state index contributed by atoms with van der Waals surface area (Å²) in [6.07, 6.45) is 2.80. The van der Waals surface area contributed by atoms with Crippen LogP contribution in [0.15, 0.2) is 30.6 Å². The van der Waals surface area contributed by atoms with E-state index in [1.807, 2.05) is 31.2 Å². The highest BCUT2D eigenvalue weighted by Gasteiger charge is 2.24. The summed E-state index contributed by atoms with van der Waals surface area (Å²) in [6, 6.07) is 7.86. The summed E-state index contributed by atoms with van der Waals surface area (Å²) in [5.74, 6) is 1.67. The molecular formula is C20H25N5O3. The lowest BCUT2D eigenvalue weighted by Crippen LogP contribution is -2.23. The lowest BCUT2D eigenvalue weighted by molar-refractivity contribution is 0.0922. The number of hydrogen-bond donors (Lipinski definition) is 1. The van der Waals surface area contributed by atoms with Gasteiger partial charge in [0.05, 0.1) is 23.9 Å². The van der Waals surface area contributed by atoms with Gasteiger partial charge in [-0.1, -0.05) is 0 Å². The summed E-state index contributed by atoms with van der Waals surface area (Å²) in [5.41, 5.74) is 2.49. The first-order valence-electron chi connectivity index (χ1n) is 9.42. The minimum atomic E-state index is -0.0349. The van der Waals surface area contributed by atoms with Gasteiger partial charge in [0.25, 0.3) is 0 Å².